The molecule has 0 atom stereocenters. The maximum Gasteiger partial charge on any atom is 0.176 e. The summed E-state index contributed by atoms with van der Waals surface area (Å²) in [6.45, 7) is 2.47. The average molecular weight is 390 g/mol. The molecule has 4 aromatic heterocycles. The van der Waals surface area contributed by atoms with Gasteiger partial charge in [-0.3, -0.25) is 0 Å². The summed E-state index contributed by atoms with van der Waals surface area (Å²) in [7, 11) is 0. The molecule has 0 unspecified atom stereocenters. The molecular weight excluding hydrogens is 374 g/mol. The second-order valence-corrected chi connectivity index (χ2v) is 6.82. The van der Waals surface area contributed by atoms with Gasteiger partial charge in [0.15, 0.2) is 11.5 Å². The lowest BCUT2D eigenvalue weighted by atomic mass is 10.2. The molecule has 0 bridgehead atoms. The Morgan fingerprint density at radius 1 is 1.11 bits per heavy atom. The highest BCUT2D eigenvalue weighted by molar-refractivity contribution is 6.34. The van der Waals surface area contributed by atoms with E-state index < -0.39 is 0 Å². The van der Waals surface area contributed by atoms with E-state index in [2.05, 4.69) is 20.5 Å². The number of para-hydroxylation sites is 1. The van der Waals surface area contributed by atoms with Crippen LogP contribution in [0.25, 0.3) is 22.4 Å². The molecule has 1 aromatic carbocycles. The fourth-order valence-electron chi connectivity index (χ4n) is 3.17. The molecule has 5 aromatic rings. The Labute approximate surface area is 165 Å². The number of benzene rings is 1. The maximum atomic E-state index is 6.41. The van der Waals surface area contributed by atoms with Gasteiger partial charge < -0.3 is 5.32 Å². The number of pyridine rings is 1. The SMILES string of the molecule is Cc1nn2c(nc(NCc3ccc(-n4cccn4)nc3)c3ccccc32)c1Cl. The Morgan fingerprint density at radius 3 is 2.79 bits per heavy atom. The number of halogens is 1. The molecule has 0 saturated heterocycles. The lowest BCUT2D eigenvalue weighted by Crippen LogP contribution is -2.06. The first-order chi connectivity index (χ1) is 13.7. The number of nitrogens with zero attached hydrogens (tertiary/aromatic N) is 6. The van der Waals surface area contributed by atoms with Crippen LogP contribution in [-0.2, 0) is 6.54 Å². The second kappa shape index (κ2) is 6.61. The zero-order valence-corrected chi connectivity index (χ0v) is 15.8. The highest BCUT2D eigenvalue weighted by atomic mass is 35.5. The third-order valence-corrected chi connectivity index (χ3v) is 5.02. The molecule has 0 fully saturated rings. The average Bonchev–Trinajstić information content (AvgIpc) is 3.36. The predicted octanol–water partition coefficient (Wildman–Crippen LogP) is 4.04. The molecule has 0 aliphatic heterocycles. The molecule has 0 radical (unpaired) electrons. The van der Waals surface area contributed by atoms with E-state index in [-0.39, 0.29) is 0 Å². The zero-order valence-electron chi connectivity index (χ0n) is 15.0. The molecule has 0 saturated carbocycles. The normalized spacial score (nSPS) is 11.4. The van der Waals surface area contributed by atoms with Gasteiger partial charge in [0.2, 0.25) is 0 Å². The van der Waals surface area contributed by atoms with Crippen molar-refractivity contribution in [3.05, 3.63) is 77.3 Å². The first kappa shape index (κ1) is 16.7. The molecule has 0 aliphatic carbocycles. The molecule has 28 heavy (non-hydrogen) atoms. The number of hydrogen-bond acceptors (Lipinski definition) is 5. The second-order valence-electron chi connectivity index (χ2n) is 6.44. The molecule has 8 heteroatoms. The van der Waals surface area contributed by atoms with Gasteiger partial charge in [0.05, 0.1) is 11.2 Å². The van der Waals surface area contributed by atoms with Crippen molar-refractivity contribution in [1.29, 1.82) is 0 Å². The van der Waals surface area contributed by atoms with Gasteiger partial charge in [-0.15, -0.1) is 0 Å². The van der Waals surface area contributed by atoms with Crippen LogP contribution in [0.15, 0.2) is 61.1 Å². The topological polar surface area (TPSA) is 72.9 Å². The van der Waals surface area contributed by atoms with Crippen molar-refractivity contribution in [2.75, 3.05) is 5.32 Å². The minimum Gasteiger partial charge on any atom is -0.365 e. The number of nitrogens with one attached hydrogen (secondary N) is 1. The van der Waals surface area contributed by atoms with E-state index in [1.165, 1.54) is 0 Å². The Hall–Kier alpha value is -3.45. The van der Waals surface area contributed by atoms with Crippen LogP contribution in [0.3, 0.4) is 0 Å². The number of hydrogen-bond donors (Lipinski definition) is 1. The molecule has 0 spiro atoms. The number of aromatic nitrogens is 6. The van der Waals surface area contributed by atoms with Crippen LogP contribution in [0.5, 0.6) is 0 Å². The minimum atomic E-state index is 0.569. The van der Waals surface area contributed by atoms with Crippen LogP contribution in [0.4, 0.5) is 5.82 Å². The highest BCUT2D eigenvalue weighted by Gasteiger charge is 2.14. The minimum absolute atomic E-state index is 0.569. The Kier molecular flexibility index (Phi) is 3.95. The van der Waals surface area contributed by atoms with Crippen molar-refractivity contribution >= 4 is 34.0 Å². The zero-order chi connectivity index (χ0) is 19.1. The van der Waals surface area contributed by atoms with Gasteiger partial charge in [0, 0.05) is 30.5 Å². The molecular formula is C20H16ClN7. The van der Waals surface area contributed by atoms with Gasteiger partial charge in [0.25, 0.3) is 0 Å². The third kappa shape index (κ3) is 2.76. The summed E-state index contributed by atoms with van der Waals surface area (Å²) >= 11 is 6.41. The first-order valence-electron chi connectivity index (χ1n) is 8.83. The third-order valence-electron chi connectivity index (χ3n) is 4.58. The van der Waals surface area contributed by atoms with Crippen LogP contribution in [0.2, 0.25) is 5.02 Å². The van der Waals surface area contributed by atoms with Gasteiger partial charge in [-0.1, -0.05) is 29.8 Å². The largest absolute Gasteiger partial charge is 0.365 e. The summed E-state index contributed by atoms with van der Waals surface area (Å²) < 4.78 is 3.52. The van der Waals surface area contributed by atoms with E-state index in [1.54, 1.807) is 15.4 Å². The van der Waals surface area contributed by atoms with Crippen LogP contribution in [0.1, 0.15) is 11.3 Å². The number of rotatable bonds is 4. The van der Waals surface area contributed by atoms with Crippen LogP contribution < -0.4 is 5.32 Å². The van der Waals surface area contributed by atoms with Gasteiger partial charge >= 0.3 is 0 Å². The first-order valence-corrected chi connectivity index (χ1v) is 9.21. The lowest BCUT2D eigenvalue weighted by Gasteiger charge is -2.11. The van der Waals surface area contributed by atoms with Gasteiger partial charge in [-0.05, 0) is 36.8 Å². The van der Waals surface area contributed by atoms with Crippen molar-refractivity contribution in [1.82, 2.24) is 29.4 Å². The fourth-order valence-corrected chi connectivity index (χ4v) is 3.33. The Morgan fingerprint density at radius 2 is 2.00 bits per heavy atom. The van der Waals surface area contributed by atoms with Crippen molar-refractivity contribution in [2.45, 2.75) is 13.5 Å². The van der Waals surface area contributed by atoms with Crippen molar-refractivity contribution in [3.8, 4) is 5.82 Å². The lowest BCUT2D eigenvalue weighted by molar-refractivity contribution is 0.843. The summed E-state index contributed by atoms with van der Waals surface area (Å²) in [5, 5.41) is 13.7. The summed E-state index contributed by atoms with van der Waals surface area (Å²) in [5.74, 6) is 1.54. The molecule has 5 rings (SSSR count). The van der Waals surface area contributed by atoms with Crippen molar-refractivity contribution < 1.29 is 0 Å². The standard InChI is InChI=1S/C20H16ClN7/c1-13-18(21)20-25-19(15-5-2-3-6-16(15)28(20)26-13)23-12-14-7-8-17(22-11-14)27-10-4-9-24-27/h2-11H,12H2,1H3,(H,23,25). The quantitative estimate of drug-likeness (QED) is 0.502. The van der Waals surface area contributed by atoms with E-state index in [4.69, 9.17) is 16.6 Å². The molecule has 0 amide bonds. The monoisotopic (exact) mass is 389 g/mol. The summed E-state index contributed by atoms with van der Waals surface area (Å²) in [4.78, 5) is 9.19. The van der Waals surface area contributed by atoms with Gasteiger partial charge in [0.1, 0.15) is 10.8 Å². The number of anilines is 1. The number of aryl methyl sites for hydroxylation is 1. The maximum absolute atomic E-state index is 6.41. The summed E-state index contributed by atoms with van der Waals surface area (Å²) in [6.07, 6.45) is 5.43. The van der Waals surface area contributed by atoms with Crippen molar-refractivity contribution in [2.24, 2.45) is 0 Å². The summed E-state index contributed by atoms with van der Waals surface area (Å²) in [6, 6.07) is 13.8. The predicted molar refractivity (Wildman–Crippen MR) is 109 cm³/mol. The Bertz CT molecular complexity index is 1270. The highest BCUT2D eigenvalue weighted by Crippen LogP contribution is 2.28. The molecule has 0 aliphatic rings. The van der Waals surface area contributed by atoms with Gasteiger partial charge in [-0.2, -0.15) is 10.2 Å². The number of fused-ring (bicyclic) bond motifs is 3. The van der Waals surface area contributed by atoms with Crippen molar-refractivity contribution in [3.63, 3.8) is 0 Å². The van der Waals surface area contributed by atoms with E-state index >= 15 is 0 Å². The molecule has 138 valence electrons. The smallest absolute Gasteiger partial charge is 0.176 e. The van der Waals surface area contributed by atoms with E-state index in [1.807, 2.05) is 61.8 Å². The fraction of sp³-hybridized carbons (Fsp3) is 0.100. The summed E-state index contributed by atoms with van der Waals surface area (Å²) in [5.41, 5.74) is 3.40. The van der Waals surface area contributed by atoms with Crippen LogP contribution in [-0.4, -0.2) is 29.4 Å². The molecule has 4 heterocycles. The van der Waals surface area contributed by atoms with E-state index in [9.17, 15) is 0 Å². The molecule has 1 N–H and O–H groups in total. The van der Waals surface area contributed by atoms with Crippen LogP contribution >= 0.6 is 11.6 Å². The van der Waals surface area contributed by atoms with Gasteiger partial charge in [-0.25, -0.2) is 19.2 Å². The van der Waals surface area contributed by atoms with Crippen LogP contribution in [0, 0.1) is 6.92 Å². The van der Waals surface area contributed by atoms with E-state index in [0.29, 0.717) is 17.2 Å². The molecule has 7 nitrogen and oxygen atoms in total. The Balaban J connectivity index is 1.48. The van der Waals surface area contributed by atoms with E-state index in [0.717, 1.165) is 33.8 Å².